The first-order valence-corrected chi connectivity index (χ1v) is 6.55. The summed E-state index contributed by atoms with van der Waals surface area (Å²) in [5.74, 6) is -1.81. The van der Waals surface area contributed by atoms with Gasteiger partial charge >= 0.3 is 5.97 Å². The Morgan fingerprint density at radius 2 is 1.86 bits per heavy atom. The van der Waals surface area contributed by atoms with Crippen molar-refractivity contribution in [1.29, 1.82) is 0 Å². The lowest BCUT2D eigenvalue weighted by atomic mass is 9.74. The lowest BCUT2D eigenvalue weighted by Crippen LogP contribution is -2.56. The molecule has 4 nitrogen and oxygen atoms in total. The van der Waals surface area contributed by atoms with Crippen LogP contribution in [0.1, 0.15) is 33.3 Å². The summed E-state index contributed by atoms with van der Waals surface area (Å²) in [7, 11) is 0. The Bertz CT molecular complexity index is 577. The van der Waals surface area contributed by atoms with Crippen molar-refractivity contribution in [2.24, 2.45) is 5.41 Å². The number of nitrogens with one attached hydrogen (secondary N) is 1. The van der Waals surface area contributed by atoms with Crippen molar-refractivity contribution in [2.75, 3.05) is 0 Å². The predicted molar refractivity (Wildman–Crippen MR) is 79.1 cm³/mol. The van der Waals surface area contributed by atoms with Crippen molar-refractivity contribution in [3.8, 4) is 0 Å². The number of aliphatic carboxylic acids is 1. The molecule has 0 aliphatic heterocycles. The minimum absolute atomic E-state index is 0.384. The first-order valence-electron chi connectivity index (χ1n) is 6.55. The number of amides is 1. The van der Waals surface area contributed by atoms with Crippen LogP contribution in [0.25, 0.3) is 6.08 Å². The molecule has 2 N–H and O–H groups in total. The molecule has 0 aromatic heterocycles. The van der Waals surface area contributed by atoms with E-state index < -0.39 is 22.8 Å². The lowest BCUT2D eigenvalue weighted by molar-refractivity contribution is -0.151. The quantitative estimate of drug-likeness (QED) is 0.820. The molecule has 0 saturated carbocycles. The van der Waals surface area contributed by atoms with Crippen LogP contribution < -0.4 is 5.32 Å². The molecule has 0 atom stereocenters. The predicted octanol–water partition coefficient (Wildman–Crippen LogP) is 2.84. The van der Waals surface area contributed by atoms with Crippen LogP contribution in [0.3, 0.4) is 0 Å². The Labute approximate surface area is 123 Å². The largest absolute Gasteiger partial charge is 0.481 e. The maximum atomic E-state index is 13.0. The molecule has 1 amide bonds. The minimum atomic E-state index is -1.13. The summed E-state index contributed by atoms with van der Waals surface area (Å²) in [6.45, 7) is 6.39. The highest BCUT2D eigenvalue weighted by molar-refractivity contribution is 5.92. The highest BCUT2D eigenvalue weighted by Gasteiger charge is 2.44. The number of hydrogen-bond donors (Lipinski definition) is 2. The number of carbonyl (C=O) groups is 2. The van der Waals surface area contributed by atoms with Crippen molar-refractivity contribution >= 4 is 18.0 Å². The van der Waals surface area contributed by atoms with E-state index in [1.54, 1.807) is 39.8 Å². The zero-order valence-electron chi connectivity index (χ0n) is 12.6. The van der Waals surface area contributed by atoms with E-state index in [9.17, 15) is 19.1 Å². The molecule has 114 valence electrons. The monoisotopic (exact) mass is 293 g/mol. The SMILES string of the molecule is CC(C)(NC(=O)C=Cc1cccc(F)c1)C(C)(C)C(=O)O. The van der Waals surface area contributed by atoms with Crippen molar-refractivity contribution in [3.63, 3.8) is 0 Å². The number of halogens is 1. The van der Waals surface area contributed by atoms with Gasteiger partial charge in [-0.15, -0.1) is 0 Å². The van der Waals surface area contributed by atoms with Gasteiger partial charge in [0.15, 0.2) is 0 Å². The van der Waals surface area contributed by atoms with Gasteiger partial charge in [-0.1, -0.05) is 12.1 Å². The van der Waals surface area contributed by atoms with Crippen LogP contribution in [-0.4, -0.2) is 22.5 Å². The summed E-state index contributed by atoms with van der Waals surface area (Å²) in [5.41, 5.74) is -1.52. The van der Waals surface area contributed by atoms with E-state index in [4.69, 9.17) is 0 Å². The molecular formula is C16H20FNO3. The van der Waals surface area contributed by atoms with Crippen LogP contribution in [0, 0.1) is 11.2 Å². The molecule has 0 radical (unpaired) electrons. The Morgan fingerprint density at radius 3 is 2.38 bits per heavy atom. The van der Waals surface area contributed by atoms with E-state index >= 15 is 0 Å². The van der Waals surface area contributed by atoms with Crippen LogP contribution >= 0.6 is 0 Å². The number of carboxylic acids is 1. The van der Waals surface area contributed by atoms with Gasteiger partial charge in [-0.3, -0.25) is 9.59 Å². The van der Waals surface area contributed by atoms with Gasteiger partial charge in [-0.25, -0.2) is 4.39 Å². The third kappa shape index (κ3) is 4.15. The van der Waals surface area contributed by atoms with Crippen LogP contribution in [0.5, 0.6) is 0 Å². The smallest absolute Gasteiger partial charge is 0.311 e. The molecule has 0 heterocycles. The highest BCUT2D eigenvalue weighted by Crippen LogP contribution is 2.30. The third-order valence-corrected chi connectivity index (χ3v) is 3.81. The van der Waals surface area contributed by atoms with Gasteiger partial charge in [-0.2, -0.15) is 0 Å². The summed E-state index contributed by atoms with van der Waals surface area (Å²) in [4.78, 5) is 23.2. The van der Waals surface area contributed by atoms with Crippen LogP contribution in [0.2, 0.25) is 0 Å². The molecule has 1 rings (SSSR count). The van der Waals surface area contributed by atoms with Gasteiger partial charge in [0.25, 0.3) is 0 Å². The van der Waals surface area contributed by atoms with E-state index in [0.717, 1.165) is 0 Å². The summed E-state index contributed by atoms with van der Waals surface area (Å²) in [6.07, 6.45) is 2.73. The lowest BCUT2D eigenvalue weighted by Gasteiger charge is -2.38. The van der Waals surface area contributed by atoms with E-state index in [0.29, 0.717) is 5.56 Å². The van der Waals surface area contributed by atoms with Crippen molar-refractivity contribution in [2.45, 2.75) is 33.2 Å². The Balaban J connectivity index is 2.80. The Morgan fingerprint density at radius 1 is 1.24 bits per heavy atom. The topological polar surface area (TPSA) is 66.4 Å². The molecule has 0 saturated heterocycles. The first kappa shape index (κ1) is 16.9. The maximum Gasteiger partial charge on any atom is 0.311 e. The van der Waals surface area contributed by atoms with Gasteiger partial charge < -0.3 is 10.4 Å². The second-order valence-electron chi connectivity index (χ2n) is 5.93. The van der Waals surface area contributed by atoms with E-state index in [1.165, 1.54) is 24.3 Å². The molecule has 21 heavy (non-hydrogen) atoms. The molecule has 0 aliphatic rings. The Hall–Kier alpha value is -2.17. The van der Waals surface area contributed by atoms with Crippen LogP contribution in [-0.2, 0) is 9.59 Å². The fourth-order valence-electron chi connectivity index (χ4n) is 1.56. The zero-order chi connectivity index (χ0) is 16.3. The number of benzene rings is 1. The summed E-state index contributed by atoms with van der Waals surface area (Å²) < 4.78 is 13.0. The summed E-state index contributed by atoms with van der Waals surface area (Å²) in [5, 5.41) is 11.9. The average molecular weight is 293 g/mol. The van der Waals surface area contributed by atoms with Crippen LogP contribution in [0.4, 0.5) is 4.39 Å². The second kappa shape index (κ2) is 6.08. The molecule has 0 spiro atoms. The molecule has 0 bridgehead atoms. The number of hydrogen-bond acceptors (Lipinski definition) is 2. The maximum absolute atomic E-state index is 13.0. The van der Waals surface area contributed by atoms with E-state index in [1.807, 2.05) is 0 Å². The first-order chi connectivity index (χ1) is 9.56. The number of rotatable bonds is 5. The molecule has 5 heteroatoms. The normalized spacial score (nSPS) is 12.4. The van der Waals surface area contributed by atoms with Gasteiger partial charge in [-0.05, 0) is 51.5 Å². The van der Waals surface area contributed by atoms with Gasteiger partial charge in [0.2, 0.25) is 5.91 Å². The molecule has 0 unspecified atom stereocenters. The molecular weight excluding hydrogens is 273 g/mol. The van der Waals surface area contributed by atoms with Crippen LogP contribution in [0.15, 0.2) is 30.3 Å². The van der Waals surface area contributed by atoms with E-state index in [-0.39, 0.29) is 5.82 Å². The van der Waals surface area contributed by atoms with Gasteiger partial charge in [0, 0.05) is 6.08 Å². The molecule has 0 fully saturated rings. The average Bonchev–Trinajstić information content (AvgIpc) is 2.35. The standard InChI is InChI=1S/C16H20FNO3/c1-15(2,14(20)21)16(3,4)18-13(19)9-8-11-6-5-7-12(17)10-11/h5-10H,1-4H3,(H,18,19)(H,20,21). The fourth-order valence-corrected chi connectivity index (χ4v) is 1.56. The van der Waals surface area contributed by atoms with Gasteiger partial charge in [0.1, 0.15) is 5.82 Å². The number of carboxylic acid groups (broad SMARTS) is 1. The van der Waals surface area contributed by atoms with Crippen molar-refractivity contribution in [3.05, 3.63) is 41.7 Å². The Kier molecular flexibility index (Phi) is 4.88. The third-order valence-electron chi connectivity index (χ3n) is 3.81. The molecule has 1 aromatic carbocycles. The molecule has 1 aromatic rings. The number of carbonyl (C=O) groups excluding carboxylic acids is 1. The van der Waals surface area contributed by atoms with E-state index in [2.05, 4.69) is 5.32 Å². The van der Waals surface area contributed by atoms with Gasteiger partial charge in [0.05, 0.1) is 11.0 Å². The highest BCUT2D eigenvalue weighted by atomic mass is 19.1. The molecule has 0 aliphatic carbocycles. The summed E-state index contributed by atoms with van der Waals surface area (Å²) >= 11 is 0. The fraction of sp³-hybridized carbons (Fsp3) is 0.375. The van der Waals surface area contributed by atoms with Crippen molar-refractivity contribution < 1.29 is 19.1 Å². The summed E-state index contributed by atoms with van der Waals surface area (Å²) in [6, 6.07) is 5.83. The second-order valence-corrected chi connectivity index (χ2v) is 5.93. The van der Waals surface area contributed by atoms with Crippen molar-refractivity contribution in [1.82, 2.24) is 5.32 Å². The minimum Gasteiger partial charge on any atom is -0.481 e. The zero-order valence-corrected chi connectivity index (χ0v) is 12.6.